The Bertz CT molecular complexity index is 2260. The number of aromatic nitrogens is 1. The van der Waals surface area contributed by atoms with E-state index in [0.29, 0.717) is 88.2 Å². The molecule has 1 spiro atoms. The van der Waals surface area contributed by atoms with Gasteiger partial charge in [0, 0.05) is 85.4 Å². The fourth-order valence-electron chi connectivity index (χ4n) is 13.6. The first-order valence-corrected chi connectivity index (χ1v) is 21.2. The minimum absolute atomic E-state index is 0.126. The zero-order valence-electron chi connectivity index (χ0n) is 35.3. The van der Waals surface area contributed by atoms with Gasteiger partial charge in [0.2, 0.25) is 5.60 Å². The lowest BCUT2D eigenvalue weighted by molar-refractivity contribution is -0.228. The molecule has 13 heteroatoms. The van der Waals surface area contributed by atoms with Gasteiger partial charge < -0.3 is 39.0 Å². The van der Waals surface area contributed by atoms with Gasteiger partial charge in [0.15, 0.2) is 6.10 Å². The summed E-state index contributed by atoms with van der Waals surface area (Å²) in [5, 5.41) is 26.6. The minimum Gasteiger partial charge on any atom is -0.497 e. The SMILES string of the molecule is CC[C@]1(O)C[C@@H]2CN(CCc3c([nH]c4ccccc34)[C@@](C(=O)OC)(c3cc(OC)cc4c3[C@@]35CCN6CC=C[C@@](CC)([C@@H](OC(C)=O)[C@](O)(C(=O)OC)[C@@H]3N4C)[C@H]65)C2)C1. The molecule has 3 N–H and O–H groups in total. The number of nitrogens with one attached hydrogen (secondary N) is 1. The second kappa shape index (κ2) is 13.8. The van der Waals surface area contributed by atoms with Crippen LogP contribution in [0.2, 0.25) is 0 Å². The molecule has 5 aliphatic heterocycles. The van der Waals surface area contributed by atoms with Crippen LogP contribution in [0.5, 0.6) is 5.75 Å². The van der Waals surface area contributed by atoms with Crippen LogP contribution >= 0.6 is 0 Å². The van der Waals surface area contributed by atoms with Crippen molar-refractivity contribution in [1.82, 2.24) is 14.8 Å². The number of para-hydroxylation sites is 1. The standard InChI is InChI=1S/C46H58N4O9/c1-8-42(54)23-28-24-45(40(52)57-6,36-31(15-19-49(25-28)26-42)30-13-10-11-14-33(30)47-36)32-21-29(56-5)22-34-35(32)44-17-20-50-18-12-16-43(9-2,37(44)50)39(59-27(3)51)46(55,41(53)58-7)38(44)48(34)4/h10-14,16,21-22,28,37-39,47,54-55H,8-9,15,17-20,23-26H2,1-7H3/t28-,37-,38+,39+,42-,43+,44+,45-,46-/m0/s1. The molecule has 9 rings (SSSR count). The van der Waals surface area contributed by atoms with Gasteiger partial charge in [-0.1, -0.05) is 44.2 Å². The predicted octanol–water partition coefficient (Wildman–Crippen LogP) is 3.99. The quantitative estimate of drug-likeness (QED) is 0.180. The molecule has 1 saturated carbocycles. The molecule has 1 aliphatic carbocycles. The highest BCUT2D eigenvalue weighted by atomic mass is 16.6. The van der Waals surface area contributed by atoms with Gasteiger partial charge in [-0.25, -0.2) is 4.79 Å². The second-order valence-corrected chi connectivity index (χ2v) is 18.2. The molecule has 0 radical (unpaired) electrons. The minimum atomic E-state index is -2.35. The largest absolute Gasteiger partial charge is 0.497 e. The number of piperidine rings is 1. The maximum atomic E-state index is 15.6. The van der Waals surface area contributed by atoms with E-state index in [1.54, 1.807) is 7.11 Å². The first kappa shape index (κ1) is 40.0. The number of benzene rings is 2. The van der Waals surface area contributed by atoms with Crippen LogP contribution in [0.3, 0.4) is 0 Å². The van der Waals surface area contributed by atoms with Crippen LogP contribution in [0.4, 0.5) is 5.69 Å². The number of ether oxygens (including phenoxy) is 4. The van der Waals surface area contributed by atoms with Gasteiger partial charge in [0.1, 0.15) is 11.2 Å². The first-order valence-electron chi connectivity index (χ1n) is 21.2. The van der Waals surface area contributed by atoms with Crippen molar-refractivity contribution < 1.29 is 43.5 Å². The molecule has 1 aromatic heterocycles. The molecule has 10 atom stereocenters. The molecule has 2 bridgehead atoms. The Kier molecular flexibility index (Phi) is 9.36. The normalized spacial score (nSPS) is 37.0. The number of hydrogen-bond acceptors (Lipinski definition) is 12. The average molecular weight is 811 g/mol. The van der Waals surface area contributed by atoms with Crippen LogP contribution in [-0.4, -0.2) is 133 Å². The summed E-state index contributed by atoms with van der Waals surface area (Å²) in [5.41, 5.74) is -1.94. The highest BCUT2D eigenvalue weighted by molar-refractivity contribution is 5.95. The number of methoxy groups -OCH3 is 3. The number of hydrogen-bond donors (Lipinski definition) is 3. The number of nitrogens with zero attached hydrogens (tertiary/aromatic N) is 3. The van der Waals surface area contributed by atoms with Crippen molar-refractivity contribution in [2.45, 2.75) is 99.5 Å². The van der Waals surface area contributed by atoms with Crippen LogP contribution in [0.1, 0.15) is 75.3 Å². The summed E-state index contributed by atoms with van der Waals surface area (Å²) in [4.78, 5) is 53.8. The second-order valence-electron chi connectivity index (χ2n) is 18.2. The van der Waals surface area contributed by atoms with Crippen molar-refractivity contribution >= 4 is 34.5 Å². The smallest absolute Gasteiger partial charge is 0.344 e. The third-order valence-electron chi connectivity index (χ3n) is 15.6. The molecule has 2 saturated heterocycles. The highest BCUT2D eigenvalue weighted by Crippen LogP contribution is 2.69. The number of fused-ring (bicyclic) bond motifs is 6. The van der Waals surface area contributed by atoms with Gasteiger partial charge in [0.05, 0.1) is 33.0 Å². The molecule has 6 heterocycles. The number of H-pyrrole nitrogens is 1. The van der Waals surface area contributed by atoms with E-state index in [1.165, 1.54) is 21.1 Å². The Hall–Kier alpha value is -4.43. The molecule has 3 fully saturated rings. The van der Waals surface area contributed by atoms with Crippen molar-refractivity contribution in [3.05, 3.63) is 70.9 Å². The number of rotatable bonds is 7. The van der Waals surface area contributed by atoms with Crippen LogP contribution in [0, 0.1) is 11.3 Å². The van der Waals surface area contributed by atoms with E-state index in [4.69, 9.17) is 18.9 Å². The van der Waals surface area contributed by atoms with E-state index >= 15 is 4.79 Å². The number of aliphatic hydroxyl groups is 2. The summed E-state index contributed by atoms with van der Waals surface area (Å²) in [5.74, 6) is -1.58. The summed E-state index contributed by atoms with van der Waals surface area (Å²) in [7, 11) is 6.15. The van der Waals surface area contributed by atoms with Gasteiger partial charge in [-0.15, -0.1) is 0 Å². The van der Waals surface area contributed by atoms with Crippen molar-refractivity contribution in [1.29, 1.82) is 0 Å². The van der Waals surface area contributed by atoms with Crippen molar-refractivity contribution in [3.8, 4) is 5.75 Å². The highest BCUT2D eigenvalue weighted by Gasteiger charge is 2.81. The van der Waals surface area contributed by atoms with E-state index in [0.717, 1.165) is 27.7 Å². The summed E-state index contributed by atoms with van der Waals surface area (Å²) in [6.45, 7) is 8.52. The molecule has 6 aliphatic rings. The number of aromatic amines is 1. The fourth-order valence-corrected chi connectivity index (χ4v) is 13.6. The van der Waals surface area contributed by atoms with Gasteiger partial charge in [-0.05, 0) is 79.8 Å². The molecular formula is C46H58N4O9. The number of esters is 3. The van der Waals surface area contributed by atoms with Crippen LogP contribution < -0.4 is 9.64 Å². The van der Waals surface area contributed by atoms with Crippen LogP contribution in [0.25, 0.3) is 10.9 Å². The lowest BCUT2D eigenvalue weighted by Gasteiger charge is -2.63. The maximum Gasteiger partial charge on any atom is 0.344 e. The molecule has 2 aromatic carbocycles. The molecular weight excluding hydrogens is 753 g/mol. The topological polar surface area (TPSA) is 154 Å². The Morgan fingerprint density at radius 3 is 2.42 bits per heavy atom. The van der Waals surface area contributed by atoms with Crippen LogP contribution in [0.15, 0.2) is 48.6 Å². The Labute approximate surface area is 345 Å². The molecule has 13 nitrogen and oxygen atoms in total. The average Bonchev–Trinajstić information content (AvgIpc) is 3.90. The van der Waals surface area contributed by atoms with Gasteiger partial charge in [-0.3, -0.25) is 19.4 Å². The predicted molar refractivity (Wildman–Crippen MR) is 220 cm³/mol. The fraction of sp³-hybridized carbons (Fsp3) is 0.587. The first-order chi connectivity index (χ1) is 28.2. The summed E-state index contributed by atoms with van der Waals surface area (Å²) < 4.78 is 23.9. The van der Waals surface area contributed by atoms with E-state index in [9.17, 15) is 19.8 Å². The van der Waals surface area contributed by atoms with Gasteiger partial charge >= 0.3 is 17.9 Å². The van der Waals surface area contributed by atoms with Crippen LogP contribution in [-0.2, 0) is 45.8 Å². The summed E-state index contributed by atoms with van der Waals surface area (Å²) in [6, 6.07) is 10.7. The van der Waals surface area contributed by atoms with Crippen molar-refractivity contribution in [3.63, 3.8) is 0 Å². The summed E-state index contributed by atoms with van der Waals surface area (Å²) in [6.07, 6.45) is 5.77. The number of carbonyl (C=O) groups excluding carboxylic acids is 3. The Balaban J connectivity index is 1.42. The molecule has 0 amide bonds. The zero-order valence-corrected chi connectivity index (χ0v) is 35.3. The van der Waals surface area contributed by atoms with Crippen molar-refractivity contribution in [2.24, 2.45) is 11.3 Å². The van der Waals surface area contributed by atoms with E-state index in [2.05, 4.69) is 26.9 Å². The molecule has 316 valence electrons. The summed E-state index contributed by atoms with van der Waals surface area (Å²) >= 11 is 0. The van der Waals surface area contributed by atoms with Crippen molar-refractivity contribution in [2.75, 3.05) is 66.0 Å². The third-order valence-corrected chi connectivity index (χ3v) is 15.6. The van der Waals surface area contributed by atoms with Gasteiger partial charge in [-0.2, -0.15) is 0 Å². The zero-order chi connectivity index (χ0) is 41.9. The third kappa shape index (κ3) is 5.20. The number of likely N-dealkylation sites (N-methyl/N-ethyl adjacent to an activating group) is 1. The lowest BCUT2D eigenvalue weighted by Crippen LogP contribution is -2.81. The lowest BCUT2D eigenvalue weighted by atomic mass is 9.46. The Morgan fingerprint density at radius 1 is 0.966 bits per heavy atom. The number of anilines is 1. The maximum absolute atomic E-state index is 15.6. The van der Waals surface area contributed by atoms with E-state index in [-0.39, 0.29) is 12.0 Å². The van der Waals surface area contributed by atoms with Gasteiger partial charge in [0.25, 0.3) is 0 Å². The molecule has 59 heavy (non-hydrogen) atoms. The Morgan fingerprint density at radius 2 is 1.73 bits per heavy atom. The monoisotopic (exact) mass is 810 g/mol. The molecule has 3 aromatic rings. The van der Waals surface area contributed by atoms with E-state index in [1.807, 2.05) is 62.2 Å². The molecule has 1 unspecified atom stereocenters. The number of carbonyl (C=O) groups is 3. The van der Waals surface area contributed by atoms with E-state index < -0.39 is 57.5 Å².